The summed E-state index contributed by atoms with van der Waals surface area (Å²) >= 11 is 0. The molecule has 0 saturated heterocycles. The lowest BCUT2D eigenvalue weighted by Crippen LogP contribution is -2.25. The van der Waals surface area contributed by atoms with E-state index in [1.165, 1.54) is 0 Å². The number of hydrogen-bond acceptors (Lipinski definition) is 4. The van der Waals surface area contributed by atoms with Crippen LogP contribution in [0.5, 0.6) is 0 Å². The van der Waals surface area contributed by atoms with Crippen LogP contribution in [-0.2, 0) is 0 Å². The lowest BCUT2D eigenvalue weighted by atomic mass is 9.94. The molecule has 26 heavy (non-hydrogen) atoms. The molecule has 0 radical (unpaired) electrons. The molecule has 3 rings (SSSR count). The van der Waals surface area contributed by atoms with Gasteiger partial charge in [-0.25, -0.2) is 0 Å². The summed E-state index contributed by atoms with van der Waals surface area (Å²) in [5, 5.41) is 17.1. The molecule has 0 amide bonds. The number of guanidine groups is 1. The van der Waals surface area contributed by atoms with Gasteiger partial charge in [0.05, 0.1) is 5.69 Å². The zero-order chi connectivity index (χ0) is 18.5. The second-order valence-electron chi connectivity index (χ2n) is 5.91. The van der Waals surface area contributed by atoms with E-state index in [1.54, 1.807) is 13.1 Å². The fraction of sp³-hybridized carbons (Fsp3) is 0.150. The standard InChI is InChI=1S/C20H20N4O2/c1-13(17-12-18(26-24-17)23-20(21)22-2)15-9-6-10-16(11-15)19(25)14-7-4-3-5-8-14/h3-13H,1-2H3,(H3,21,22,23). The van der Waals surface area contributed by atoms with Crippen LogP contribution >= 0.6 is 0 Å². The Morgan fingerprint density at radius 3 is 2.54 bits per heavy atom. The van der Waals surface area contributed by atoms with Gasteiger partial charge in [-0.15, -0.1) is 0 Å². The zero-order valence-corrected chi connectivity index (χ0v) is 14.6. The van der Waals surface area contributed by atoms with E-state index in [4.69, 9.17) is 9.93 Å². The first-order valence-corrected chi connectivity index (χ1v) is 8.28. The van der Waals surface area contributed by atoms with Crippen LogP contribution in [0.2, 0.25) is 0 Å². The first-order chi connectivity index (χ1) is 12.6. The van der Waals surface area contributed by atoms with Gasteiger partial charge in [-0.3, -0.25) is 15.5 Å². The Kier molecular flexibility index (Phi) is 5.12. The Balaban J connectivity index is 1.81. The smallest absolute Gasteiger partial charge is 0.231 e. The number of carbonyl (C=O) groups excluding carboxylic acids is 1. The highest BCUT2D eigenvalue weighted by molar-refractivity contribution is 6.09. The minimum Gasteiger partial charge on any atom is -0.359 e. The molecule has 3 N–H and O–H groups in total. The van der Waals surface area contributed by atoms with Crippen molar-refractivity contribution in [1.29, 1.82) is 5.41 Å². The molecule has 1 heterocycles. The van der Waals surface area contributed by atoms with E-state index < -0.39 is 0 Å². The number of rotatable bonds is 5. The van der Waals surface area contributed by atoms with Gasteiger partial charge in [0, 0.05) is 30.2 Å². The summed E-state index contributed by atoms with van der Waals surface area (Å²) in [4.78, 5) is 12.6. The van der Waals surface area contributed by atoms with Crippen molar-refractivity contribution in [3.05, 3.63) is 83.0 Å². The predicted octanol–water partition coefficient (Wildman–Crippen LogP) is 3.62. The van der Waals surface area contributed by atoms with E-state index in [9.17, 15) is 4.79 Å². The number of nitrogens with one attached hydrogen (secondary N) is 3. The van der Waals surface area contributed by atoms with Crippen molar-refractivity contribution in [2.45, 2.75) is 12.8 Å². The van der Waals surface area contributed by atoms with E-state index >= 15 is 0 Å². The third-order valence-electron chi connectivity index (χ3n) is 4.16. The third kappa shape index (κ3) is 3.80. The molecule has 0 bridgehead atoms. The summed E-state index contributed by atoms with van der Waals surface area (Å²) < 4.78 is 5.22. The molecule has 2 aromatic carbocycles. The van der Waals surface area contributed by atoms with Crippen molar-refractivity contribution in [3.63, 3.8) is 0 Å². The molecule has 0 aliphatic carbocycles. The molecule has 1 atom stereocenters. The van der Waals surface area contributed by atoms with Crippen LogP contribution in [0.1, 0.15) is 40.0 Å². The van der Waals surface area contributed by atoms with E-state index in [0.29, 0.717) is 17.0 Å². The summed E-state index contributed by atoms with van der Waals surface area (Å²) in [5.41, 5.74) is 2.99. The van der Waals surface area contributed by atoms with E-state index in [0.717, 1.165) is 11.3 Å². The Morgan fingerprint density at radius 1 is 1.08 bits per heavy atom. The second-order valence-corrected chi connectivity index (χ2v) is 5.91. The number of hydrogen-bond donors (Lipinski definition) is 3. The molecule has 132 valence electrons. The third-order valence-corrected chi connectivity index (χ3v) is 4.16. The molecule has 1 unspecified atom stereocenters. The predicted molar refractivity (Wildman–Crippen MR) is 101 cm³/mol. The molecular formula is C20H20N4O2. The van der Waals surface area contributed by atoms with E-state index in [-0.39, 0.29) is 17.7 Å². The lowest BCUT2D eigenvalue weighted by molar-refractivity contribution is 0.103. The van der Waals surface area contributed by atoms with Gasteiger partial charge in [-0.2, -0.15) is 0 Å². The molecule has 0 aliphatic rings. The van der Waals surface area contributed by atoms with Crippen molar-refractivity contribution < 1.29 is 9.32 Å². The molecule has 0 saturated carbocycles. The SMILES string of the molecule is CNC(=N)Nc1cc(C(C)c2cccc(C(=O)c3ccccc3)c2)no1. The molecular weight excluding hydrogens is 328 g/mol. The van der Waals surface area contributed by atoms with Crippen LogP contribution in [-0.4, -0.2) is 23.9 Å². The van der Waals surface area contributed by atoms with Gasteiger partial charge < -0.3 is 9.84 Å². The highest BCUT2D eigenvalue weighted by atomic mass is 16.5. The minimum atomic E-state index is -0.0541. The quantitative estimate of drug-likeness (QED) is 0.372. The fourth-order valence-electron chi connectivity index (χ4n) is 2.61. The first kappa shape index (κ1) is 17.4. The maximum atomic E-state index is 12.6. The highest BCUT2D eigenvalue weighted by Crippen LogP contribution is 2.26. The fourth-order valence-corrected chi connectivity index (χ4v) is 2.61. The number of nitrogens with zero attached hydrogens (tertiary/aromatic N) is 1. The van der Waals surface area contributed by atoms with Crippen molar-refractivity contribution >= 4 is 17.6 Å². The monoisotopic (exact) mass is 348 g/mol. The van der Waals surface area contributed by atoms with Crippen LogP contribution in [0.15, 0.2) is 65.2 Å². The van der Waals surface area contributed by atoms with Gasteiger partial charge in [0.25, 0.3) is 0 Å². The van der Waals surface area contributed by atoms with Crippen molar-refractivity contribution in [2.75, 3.05) is 12.4 Å². The van der Waals surface area contributed by atoms with Crippen molar-refractivity contribution in [1.82, 2.24) is 10.5 Å². The number of aromatic nitrogens is 1. The molecule has 0 fully saturated rings. The van der Waals surface area contributed by atoms with Gasteiger partial charge >= 0.3 is 0 Å². The molecule has 6 nitrogen and oxygen atoms in total. The van der Waals surface area contributed by atoms with Crippen LogP contribution in [0.4, 0.5) is 5.88 Å². The molecule has 0 spiro atoms. The average Bonchev–Trinajstić information content (AvgIpc) is 3.15. The van der Waals surface area contributed by atoms with Crippen LogP contribution in [0, 0.1) is 5.41 Å². The summed E-state index contributed by atoms with van der Waals surface area (Å²) in [5.74, 6) is 0.449. The topological polar surface area (TPSA) is 91.0 Å². The normalized spacial score (nSPS) is 11.6. The number of anilines is 1. The summed E-state index contributed by atoms with van der Waals surface area (Å²) in [7, 11) is 1.64. The summed E-state index contributed by atoms with van der Waals surface area (Å²) in [6, 6.07) is 18.5. The maximum absolute atomic E-state index is 12.6. The summed E-state index contributed by atoms with van der Waals surface area (Å²) in [6.07, 6.45) is 0. The minimum absolute atomic E-state index is 0.00960. The lowest BCUT2D eigenvalue weighted by Gasteiger charge is -2.10. The van der Waals surface area contributed by atoms with Crippen LogP contribution < -0.4 is 10.6 Å². The van der Waals surface area contributed by atoms with Gasteiger partial charge in [0.2, 0.25) is 5.88 Å². The van der Waals surface area contributed by atoms with E-state index in [2.05, 4.69) is 15.8 Å². The maximum Gasteiger partial charge on any atom is 0.231 e. The Morgan fingerprint density at radius 2 is 1.81 bits per heavy atom. The largest absolute Gasteiger partial charge is 0.359 e. The van der Waals surface area contributed by atoms with Gasteiger partial charge in [0.1, 0.15) is 0 Å². The van der Waals surface area contributed by atoms with Crippen LogP contribution in [0.25, 0.3) is 0 Å². The van der Waals surface area contributed by atoms with Gasteiger partial charge in [-0.05, 0) is 11.6 Å². The summed E-state index contributed by atoms with van der Waals surface area (Å²) in [6.45, 7) is 2.00. The van der Waals surface area contributed by atoms with Crippen molar-refractivity contribution in [2.24, 2.45) is 0 Å². The molecule has 3 aromatic rings. The number of carbonyl (C=O) groups is 1. The van der Waals surface area contributed by atoms with Gasteiger partial charge in [-0.1, -0.05) is 60.6 Å². The van der Waals surface area contributed by atoms with Crippen LogP contribution in [0.3, 0.4) is 0 Å². The Bertz CT molecular complexity index is 918. The van der Waals surface area contributed by atoms with Crippen molar-refractivity contribution in [3.8, 4) is 0 Å². The number of benzene rings is 2. The Hall–Kier alpha value is -3.41. The second kappa shape index (κ2) is 7.65. The molecule has 1 aromatic heterocycles. The Labute approximate surface area is 151 Å². The highest BCUT2D eigenvalue weighted by Gasteiger charge is 2.16. The van der Waals surface area contributed by atoms with Gasteiger partial charge in [0.15, 0.2) is 11.7 Å². The average molecular weight is 348 g/mol. The molecule has 0 aliphatic heterocycles. The van der Waals surface area contributed by atoms with E-state index in [1.807, 2.05) is 61.5 Å². The number of ketones is 1. The zero-order valence-electron chi connectivity index (χ0n) is 14.6. The first-order valence-electron chi connectivity index (χ1n) is 8.28. The molecule has 6 heteroatoms.